The van der Waals surface area contributed by atoms with E-state index in [1.54, 1.807) is 0 Å². The average molecular weight is 1210 g/mol. The van der Waals surface area contributed by atoms with E-state index < -0.39 is 0 Å². The van der Waals surface area contributed by atoms with Gasteiger partial charge >= 0.3 is 0 Å². The molecule has 9 aromatic carbocycles. The zero-order chi connectivity index (χ0) is 53.7. The molecule has 5 nitrogen and oxygen atoms in total. The molecule has 0 saturated heterocycles. The molecule has 0 saturated carbocycles. The summed E-state index contributed by atoms with van der Waals surface area (Å²) >= 11 is 0. The smallest absolute Gasteiger partial charge is 0.135 e. The van der Waals surface area contributed by atoms with Crippen LogP contribution in [0, 0.1) is 18.8 Å². The van der Waals surface area contributed by atoms with Gasteiger partial charge in [-0.2, -0.15) is 6.07 Å². The predicted octanol–water partition coefficient (Wildman–Crippen LogP) is 19.4. The summed E-state index contributed by atoms with van der Waals surface area (Å²) in [6, 6.07) is 80.5. The van der Waals surface area contributed by atoms with Crippen LogP contribution in [0.25, 0.3) is 61.0 Å². The third-order valence-corrected chi connectivity index (χ3v) is 15.9. The zero-order valence-electron chi connectivity index (χ0n) is 46.3. The summed E-state index contributed by atoms with van der Waals surface area (Å²) in [7, 11) is 0. The van der Waals surface area contributed by atoms with Crippen molar-refractivity contribution in [2.45, 2.75) is 84.5 Å². The molecule has 0 radical (unpaired) electrons. The molecule has 1 aliphatic carbocycles. The Hall–Kier alpha value is -7.98. The van der Waals surface area contributed by atoms with Crippen LogP contribution in [0.1, 0.15) is 102 Å². The van der Waals surface area contributed by atoms with E-state index in [2.05, 4.69) is 296 Å². The van der Waals surface area contributed by atoms with Crippen molar-refractivity contribution in [3.8, 4) is 50.7 Å². The molecule has 0 bridgehead atoms. The van der Waals surface area contributed by atoms with Crippen molar-refractivity contribution < 1.29 is 25.8 Å². The number of aromatic nitrogens is 2. The summed E-state index contributed by atoms with van der Waals surface area (Å²) in [4.78, 5) is 9.73. The van der Waals surface area contributed by atoms with E-state index in [-0.39, 0.29) is 43.2 Å². The fraction of sp³-hybridized carbons (Fsp3) is 0.178. The maximum absolute atomic E-state index is 7.21. The molecule has 2 aromatic heterocycles. The Morgan fingerprint density at radius 2 is 1.01 bits per heavy atom. The number of pyridine rings is 1. The van der Waals surface area contributed by atoms with E-state index in [0.717, 1.165) is 78.2 Å². The second-order valence-corrected chi connectivity index (χ2v) is 24.2. The predicted molar refractivity (Wildman–Crippen MR) is 324 cm³/mol. The fourth-order valence-corrected chi connectivity index (χ4v) is 11.7. The Morgan fingerprint density at radius 1 is 0.468 bits per heavy atom. The Labute approximate surface area is 480 Å². The summed E-state index contributed by atoms with van der Waals surface area (Å²) in [6.07, 6.45) is 1.93. The summed E-state index contributed by atoms with van der Waals surface area (Å²) in [5.74, 6) is 1.99. The van der Waals surface area contributed by atoms with Crippen LogP contribution < -0.4 is 14.5 Å². The molecular formula is C73H63N4OPt-3. The number of hydrogen-bond donors (Lipinski definition) is 0. The first-order chi connectivity index (χ1) is 37.6. The average Bonchev–Trinajstić information content (AvgIpc) is 4.25. The molecular weight excluding hydrogens is 1140 g/mol. The summed E-state index contributed by atoms with van der Waals surface area (Å²) in [5.41, 5.74) is 20.4. The number of fused-ring (bicyclic) bond motifs is 7. The van der Waals surface area contributed by atoms with Gasteiger partial charge in [-0.05, 0) is 114 Å². The first kappa shape index (κ1) is 51.8. The minimum absolute atomic E-state index is 0. The fourth-order valence-electron chi connectivity index (χ4n) is 11.7. The van der Waals surface area contributed by atoms with Gasteiger partial charge in [0.25, 0.3) is 0 Å². The van der Waals surface area contributed by atoms with Crippen LogP contribution in [0.3, 0.4) is 0 Å². The van der Waals surface area contributed by atoms with Gasteiger partial charge in [0.2, 0.25) is 0 Å². The SMILES string of the molecule is CC(C)(C)c1ccnc(-n2c3[c-]c(Oc4[c-]c(N5[CH-]N(c6c(-c7ccccc7)cc(C(C)(C)C)cc6-c6ccccc6)c6ccccc65)cc(C5c6ccccc6-c6ccccc65)c4)ccc3c3ccc(C(C)(C)C)cc32)c1.[Pt]. The van der Waals surface area contributed by atoms with Crippen molar-refractivity contribution in [1.82, 2.24) is 9.55 Å². The van der Waals surface area contributed by atoms with Gasteiger partial charge in [0.05, 0.1) is 0 Å². The maximum atomic E-state index is 7.21. The zero-order valence-corrected chi connectivity index (χ0v) is 48.6. The minimum atomic E-state index is -0.101. The van der Waals surface area contributed by atoms with E-state index in [1.807, 2.05) is 6.20 Å². The molecule has 0 amide bonds. The van der Waals surface area contributed by atoms with Gasteiger partial charge in [0, 0.05) is 78.4 Å². The third kappa shape index (κ3) is 9.26. The van der Waals surface area contributed by atoms with Gasteiger partial charge in [0.15, 0.2) is 0 Å². The third-order valence-electron chi connectivity index (χ3n) is 15.9. The van der Waals surface area contributed by atoms with Crippen molar-refractivity contribution in [2.24, 2.45) is 0 Å². The Balaban J connectivity index is 0.00000623. The van der Waals surface area contributed by atoms with Crippen LogP contribution in [0.4, 0.5) is 22.7 Å². The molecule has 394 valence electrons. The topological polar surface area (TPSA) is 33.5 Å². The van der Waals surface area contributed by atoms with Crippen molar-refractivity contribution in [2.75, 3.05) is 9.80 Å². The first-order valence-corrected chi connectivity index (χ1v) is 27.3. The molecule has 11 aromatic rings. The van der Waals surface area contributed by atoms with Crippen molar-refractivity contribution >= 4 is 44.6 Å². The van der Waals surface area contributed by atoms with Crippen LogP contribution in [0.2, 0.25) is 0 Å². The van der Waals surface area contributed by atoms with Crippen LogP contribution in [0.15, 0.2) is 206 Å². The Kier molecular flexibility index (Phi) is 12.9. The summed E-state index contributed by atoms with van der Waals surface area (Å²) < 4.78 is 9.48. The molecule has 0 atom stereocenters. The number of para-hydroxylation sites is 2. The van der Waals surface area contributed by atoms with Crippen molar-refractivity contribution in [3.63, 3.8) is 0 Å². The van der Waals surface area contributed by atoms with Gasteiger partial charge in [-0.1, -0.05) is 201 Å². The molecule has 3 heterocycles. The molecule has 0 fully saturated rings. The number of benzene rings is 9. The molecule has 1 aliphatic heterocycles. The number of anilines is 4. The number of hydrogen-bond acceptors (Lipinski definition) is 4. The van der Waals surface area contributed by atoms with Crippen molar-refractivity contribution in [1.29, 1.82) is 0 Å². The number of nitrogens with zero attached hydrogens (tertiary/aromatic N) is 4. The van der Waals surface area contributed by atoms with Gasteiger partial charge < -0.3 is 19.1 Å². The van der Waals surface area contributed by atoms with Crippen LogP contribution in [0.5, 0.6) is 11.5 Å². The van der Waals surface area contributed by atoms with Gasteiger partial charge in [0.1, 0.15) is 5.82 Å². The van der Waals surface area contributed by atoms with Crippen LogP contribution in [-0.4, -0.2) is 9.55 Å². The van der Waals surface area contributed by atoms with E-state index in [0.29, 0.717) is 11.5 Å². The second-order valence-electron chi connectivity index (χ2n) is 24.2. The van der Waals surface area contributed by atoms with E-state index in [4.69, 9.17) is 9.72 Å². The molecule has 13 rings (SSSR count). The minimum Gasteiger partial charge on any atom is -0.509 e. The van der Waals surface area contributed by atoms with Gasteiger partial charge in [-0.25, -0.2) is 4.98 Å². The van der Waals surface area contributed by atoms with Crippen LogP contribution in [-0.2, 0) is 37.3 Å². The van der Waals surface area contributed by atoms with E-state index in [9.17, 15) is 0 Å². The molecule has 0 N–H and O–H groups in total. The maximum Gasteiger partial charge on any atom is 0.135 e. The molecule has 2 aliphatic rings. The quantitative estimate of drug-likeness (QED) is 0.142. The van der Waals surface area contributed by atoms with Gasteiger partial charge in [-0.3, -0.25) is 0 Å². The van der Waals surface area contributed by atoms with E-state index in [1.165, 1.54) is 38.9 Å². The number of rotatable bonds is 8. The molecule has 0 spiro atoms. The normalized spacial score (nSPS) is 13.4. The second kappa shape index (κ2) is 19.7. The first-order valence-electron chi connectivity index (χ1n) is 27.3. The monoisotopic (exact) mass is 1210 g/mol. The summed E-state index contributed by atoms with van der Waals surface area (Å²) in [5, 5.41) is 2.23. The number of ether oxygens (including phenoxy) is 1. The van der Waals surface area contributed by atoms with E-state index >= 15 is 0 Å². The largest absolute Gasteiger partial charge is 0.509 e. The van der Waals surface area contributed by atoms with Crippen LogP contribution >= 0.6 is 0 Å². The van der Waals surface area contributed by atoms with Crippen molar-refractivity contribution in [3.05, 3.63) is 259 Å². The standard InChI is InChI=1S/C73H63N4O.Pt/c1-71(2,3)50-32-34-58-59-35-33-54(45-67(59)77(66(58)42-50)68-43-51(36-37-74-68)72(4,5)6)78-55-39-49(69-60-28-18-16-26-56(60)57-27-17-19-29-61(57)69)38-53(44-55)75-46-76(65-31-21-20-30-64(65)75)70-62(47-22-12-10-13-23-47)40-52(73(7,8)9)41-63(70)48-24-14-11-15-25-48;/h10-43,46,69H,1-9H3;/q-3;. The molecule has 0 unspecified atom stereocenters. The summed E-state index contributed by atoms with van der Waals surface area (Å²) in [6.45, 7) is 22.7. The molecule has 79 heavy (non-hydrogen) atoms. The molecule has 6 heteroatoms. The van der Waals surface area contributed by atoms with Gasteiger partial charge in [-0.15, -0.1) is 53.6 Å². The Morgan fingerprint density at radius 3 is 1.62 bits per heavy atom. The Bertz CT molecular complexity index is 4010.